The minimum Gasteiger partial charge on any atom is -0.493 e. The number of piperidine rings is 1. The van der Waals surface area contributed by atoms with E-state index in [0.29, 0.717) is 43.3 Å². The third kappa shape index (κ3) is 3.60. The zero-order valence-electron chi connectivity index (χ0n) is 15.1. The zero-order valence-corrected chi connectivity index (χ0v) is 16.0. The normalized spacial score (nSPS) is 16.5. The third-order valence-electron chi connectivity index (χ3n) is 4.53. The van der Waals surface area contributed by atoms with Crippen molar-refractivity contribution in [1.82, 2.24) is 10.2 Å². The van der Waals surface area contributed by atoms with E-state index in [-0.39, 0.29) is 0 Å². The van der Waals surface area contributed by atoms with Gasteiger partial charge in [0.15, 0.2) is 11.5 Å². The summed E-state index contributed by atoms with van der Waals surface area (Å²) < 4.78 is 11.3. The van der Waals surface area contributed by atoms with E-state index in [4.69, 9.17) is 9.47 Å². The van der Waals surface area contributed by atoms with E-state index in [1.807, 2.05) is 6.07 Å². The van der Waals surface area contributed by atoms with Gasteiger partial charge >= 0.3 is 5.97 Å². The van der Waals surface area contributed by atoms with Crippen LogP contribution in [0.1, 0.15) is 37.6 Å². The van der Waals surface area contributed by atoms with Crippen LogP contribution in [-0.4, -0.2) is 47.1 Å². The molecule has 0 spiro atoms. The summed E-state index contributed by atoms with van der Waals surface area (Å²) in [6.45, 7) is 5.26. The molecule has 1 fully saturated rings. The average molecular weight is 377 g/mol. The second-order valence-electron chi connectivity index (χ2n) is 6.62. The number of rotatable bonds is 6. The van der Waals surface area contributed by atoms with Crippen molar-refractivity contribution in [2.24, 2.45) is 0 Å². The highest BCUT2D eigenvalue weighted by Gasteiger charge is 2.45. The lowest BCUT2D eigenvalue weighted by Gasteiger charge is -2.38. The fourth-order valence-corrected chi connectivity index (χ4v) is 3.82. The van der Waals surface area contributed by atoms with Crippen LogP contribution in [0.3, 0.4) is 0 Å². The smallest absolute Gasteiger partial charge is 0.348 e. The van der Waals surface area contributed by atoms with Gasteiger partial charge in [0.2, 0.25) is 10.7 Å². The van der Waals surface area contributed by atoms with Crippen LogP contribution in [0.2, 0.25) is 0 Å². The molecule has 140 valence electrons. The highest BCUT2D eigenvalue weighted by Crippen LogP contribution is 2.36. The van der Waals surface area contributed by atoms with Gasteiger partial charge in [0, 0.05) is 31.8 Å². The van der Waals surface area contributed by atoms with Crippen molar-refractivity contribution in [2.75, 3.05) is 25.1 Å². The zero-order chi connectivity index (χ0) is 18.7. The van der Waals surface area contributed by atoms with Crippen LogP contribution in [0.4, 0.5) is 5.13 Å². The van der Waals surface area contributed by atoms with Gasteiger partial charge in [-0.1, -0.05) is 37.3 Å². The number of benzene rings is 1. The Bertz CT molecular complexity index is 769. The maximum atomic E-state index is 12.0. The lowest BCUT2D eigenvalue weighted by Crippen LogP contribution is -2.53. The number of ether oxygens (including phenoxy) is 2. The first-order valence-corrected chi connectivity index (χ1v) is 9.40. The number of methoxy groups -OCH3 is 1. The first-order valence-electron chi connectivity index (χ1n) is 8.59. The molecule has 0 radical (unpaired) electrons. The van der Waals surface area contributed by atoms with Gasteiger partial charge in [-0.25, -0.2) is 4.79 Å². The molecule has 1 aliphatic heterocycles. The number of para-hydroxylation sites is 2. The predicted molar refractivity (Wildman–Crippen MR) is 99.4 cm³/mol. The van der Waals surface area contributed by atoms with Crippen LogP contribution in [0.25, 0.3) is 0 Å². The molecule has 1 aliphatic rings. The topological polar surface area (TPSA) is 84.8 Å². The van der Waals surface area contributed by atoms with Crippen LogP contribution >= 0.6 is 11.3 Å². The Labute approximate surface area is 156 Å². The monoisotopic (exact) mass is 377 g/mol. The van der Waals surface area contributed by atoms with Crippen LogP contribution in [0.15, 0.2) is 24.3 Å². The molecule has 8 heteroatoms. The van der Waals surface area contributed by atoms with E-state index >= 15 is 0 Å². The van der Waals surface area contributed by atoms with Gasteiger partial charge in [-0.15, -0.1) is 10.2 Å². The van der Waals surface area contributed by atoms with Gasteiger partial charge in [0.25, 0.3) is 0 Å². The molecule has 0 saturated carbocycles. The lowest BCUT2D eigenvalue weighted by molar-refractivity contribution is -0.157. The molecule has 2 aromatic rings. The summed E-state index contributed by atoms with van der Waals surface area (Å²) in [5, 5.41) is 20.1. The number of carboxylic acids is 1. The summed E-state index contributed by atoms with van der Waals surface area (Å²) in [7, 11) is 1.54. The Hall–Kier alpha value is -2.35. The first-order chi connectivity index (χ1) is 12.4. The molecule has 0 atom stereocenters. The fourth-order valence-electron chi connectivity index (χ4n) is 2.92. The largest absolute Gasteiger partial charge is 0.493 e. The summed E-state index contributed by atoms with van der Waals surface area (Å²) in [5.74, 6) is 0.353. The van der Waals surface area contributed by atoms with Crippen molar-refractivity contribution in [2.45, 2.75) is 38.2 Å². The summed E-state index contributed by atoms with van der Waals surface area (Å²) in [4.78, 5) is 14.1. The van der Waals surface area contributed by atoms with Crippen LogP contribution < -0.4 is 14.4 Å². The van der Waals surface area contributed by atoms with Gasteiger partial charge in [-0.2, -0.15) is 0 Å². The Balaban J connectivity index is 1.75. The molecule has 0 bridgehead atoms. The number of aliphatic carboxylic acids is 1. The van der Waals surface area contributed by atoms with Crippen molar-refractivity contribution in [3.63, 3.8) is 0 Å². The standard InChI is InChI=1S/C18H23N3O4S/c1-12(2)15-19-20-17(26-15)21-10-8-18(9-11-21,16(22)23)25-14-7-5-4-6-13(14)24-3/h4-7,12H,8-11H2,1-3H3,(H,22,23). The highest BCUT2D eigenvalue weighted by atomic mass is 32.1. The molecule has 7 nitrogen and oxygen atoms in total. The second kappa shape index (κ2) is 7.49. The summed E-state index contributed by atoms with van der Waals surface area (Å²) in [6, 6.07) is 7.12. The van der Waals surface area contributed by atoms with Crippen molar-refractivity contribution in [3.05, 3.63) is 29.3 Å². The van der Waals surface area contributed by atoms with Gasteiger partial charge in [0.05, 0.1) is 7.11 Å². The van der Waals surface area contributed by atoms with Gasteiger partial charge in [-0.05, 0) is 12.1 Å². The molecular weight excluding hydrogens is 354 g/mol. The summed E-state index contributed by atoms with van der Waals surface area (Å²) in [5.41, 5.74) is -1.27. The second-order valence-corrected chi connectivity index (χ2v) is 7.60. The minimum absolute atomic E-state index is 0.332. The maximum absolute atomic E-state index is 12.0. The van der Waals surface area contributed by atoms with E-state index in [1.165, 1.54) is 0 Å². The van der Waals surface area contributed by atoms with E-state index < -0.39 is 11.6 Å². The van der Waals surface area contributed by atoms with Crippen LogP contribution in [0, 0.1) is 0 Å². The molecular formula is C18H23N3O4S. The highest BCUT2D eigenvalue weighted by molar-refractivity contribution is 7.15. The van der Waals surface area contributed by atoms with Gasteiger partial charge in [0.1, 0.15) is 5.01 Å². The Morgan fingerprint density at radius 1 is 1.23 bits per heavy atom. The number of carboxylic acid groups (broad SMARTS) is 1. The molecule has 1 N–H and O–H groups in total. The molecule has 3 rings (SSSR count). The average Bonchev–Trinajstić information content (AvgIpc) is 3.13. The van der Waals surface area contributed by atoms with Crippen LogP contribution in [-0.2, 0) is 4.79 Å². The molecule has 1 saturated heterocycles. The van der Waals surface area contributed by atoms with Gasteiger partial charge in [-0.3, -0.25) is 0 Å². The van der Waals surface area contributed by atoms with Crippen molar-refractivity contribution >= 4 is 22.4 Å². The number of nitrogens with zero attached hydrogens (tertiary/aromatic N) is 3. The molecule has 2 heterocycles. The Morgan fingerprint density at radius 3 is 2.42 bits per heavy atom. The van der Waals surface area contributed by atoms with Crippen LogP contribution in [0.5, 0.6) is 11.5 Å². The maximum Gasteiger partial charge on any atom is 0.348 e. The predicted octanol–water partition coefficient (Wildman–Crippen LogP) is 3.17. The summed E-state index contributed by atoms with van der Waals surface area (Å²) in [6.07, 6.45) is 0.716. The van der Waals surface area contributed by atoms with E-state index in [1.54, 1.807) is 36.6 Å². The number of hydrogen-bond acceptors (Lipinski definition) is 7. The first kappa shape index (κ1) is 18.4. The number of aromatic nitrogens is 2. The van der Waals surface area contributed by atoms with E-state index in [2.05, 4.69) is 28.9 Å². The molecule has 26 heavy (non-hydrogen) atoms. The Morgan fingerprint density at radius 2 is 1.88 bits per heavy atom. The number of hydrogen-bond donors (Lipinski definition) is 1. The fraction of sp³-hybridized carbons (Fsp3) is 0.500. The number of anilines is 1. The number of carbonyl (C=O) groups is 1. The lowest BCUT2D eigenvalue weighted by atomic mass is 9.91. The minimum atomic E-state index is -1.27. The van der Waals surface area contributed by atoms with Crippen molar-refractivity contribution in [3.8, 4) is 11.5 Å². The molecule has 0 unspecified atom stereocenters. The third-order valence-corrected chi connectivity index (χ3v) is 5.81. The van der Waals surface area contributed by atoms with E-state index in [9.17, 15) is 9.90 Å². The van der Waals surface area contributed by atoms with Crippen molar-refractivity contribution < 1.29 is 19.4 Å². The quantitative estimate of drug-likeness (QED) is 0.827. The van der Waals surface area contributed by atoms with Gasteiger partial charge < -0.3 is 19.5 Å². The van der Waals surface area contributed by atoms with Crippen molar-refractivity contribution in [1.29, 1.82) is 0 Å². The van der Waals surface area contributed by atoms with E-state index in [0.717, 1.165) is 10.1 Å². The Kier molecular flexibility index (Phi) is 5.31. The molecule has 0 amide bonds. The molecule has 1 aromatic carbocycles. The molecule has 1 aromatic heterocycles. The molecule has 0 aliphatic carbocycles. The summed E-state index contributed by atoms with van der Waals surface area (Å²) >= 11 is 1.56. The SMILES string of the molecule is COc1ccccc1OC1(C(=O)O)CCN(c2nnc(C(C)C)s2)CC1.